The molecule has 1 saturated carbocycles. The van der Waals surface area contributed by atoms with Gasteiger partial charge in [0.2, 0.25) is 5.91 Å². The van der Waals surface area contributed by atoms with E-state index >= 15 is 0 Å². The van der Waals surface area contributed by atoms with Crippen LogP contribution in [0.25, 0.3) is 0 Å². The third kappa shape index (κ3) is 3.31. The molecule has 2 fully saturated rings. The SMILES string of the molecule is CC(C)CC1(C(=O)N2CCC(CCO)C2)CCCC1. The standard InChI is InChI=1S/C16H29NO2/c1-13(2)11-16(7-3-4-8-16)15(19)17-9-5-14(12-17)6-10-18/h13-14,18H,3-12H2,1-2H3. The average Bonchev–Trinajstić information content (AvgIpc) is 2.98. The number of nitrogens with zero attached hydrogens (tertiary/aromatic N) is 1. The number of aliphatic hydroxyl groups excluding tert-OH is 1. The first-order valence-electron chi connectivity index (χ1n) is 7.97. The second-order valence-corrected chi connectivity index (χ2v) is 7.00. The molecule has 19 heavy (non-hydrogen) atoms. The molecule has 1 aliphatic carbocycles. The van der Waals surface area contributed by atoms with Gasteiger partial charge in [0.1, 0.15) is 0 Å². The van der Waals surface area contributed by atoms with Crippen LogP contribution in [0.1, 0.15) is 58.8 Å². The van der Waals surface area contributed by atoms with Gasteiger partial charge in [-0.15, -0.1) is 0 Å². The molecule has 1 atom stereocenters. The fraction of sp³-hybridized carbons (Fsp3) is 0.938. The van der Waals surface area contributed by atoms with E-state index in [2.05, 4.69) is 18.7 Å². The summed E-state index contributed by atoms with van der Waals surface area (Å²) in [6, 6.07) is 0. The maximum absolute atomic E-state index is 12.9. The molecule has 1 N–H and O–H groups in total. The smallest absolute Gasteiger partial charge is 0.228 e. The topological polar surface area (TPSA) is 40.5 Å². The maximum Gasteiger partial charge on any atom is 0.228 e. The monoisotopic (exact) mass is 267 g/mol. The highest BCUT2D eigenvalue weighted by Crippen LogP contribution is 2.45. The van der Waals surface area contributed by atoms with Crippen molar-refractivity contribution in [2.75, 3.05) is 19.7 Å². The Bertz CT molecular complexity index is 308. The van der Waals surface area contributed by atoms with Crippen molar-refractivity contribution in [2.24, 2.45) is 17.3 Å². The average molecular weight is 267 g/mol. The van der Waals surface area contributed by atoms with E-state index in [1.165, 1.54) is 12.8 Å². The summed E-state index contributed by atoms with van der Waals surface area (Å²) in [6.45, 7) is 6.49. The van der Waals surface area contributed by atoms with Crippen LogP contribution in [0.5, 0.6) is 0 Å². The molecule has 3 nitrogen and oxygen atoms in total. The zero-order valence-corrected chi connectivity index (χ0v) is 12.5. The summed E-state index contributed by atoms with van der Waals surface area (Å²) in [6.07, 6.45) is 7.58. The molecule has 0 spiro atoms. The van der Waals surface area contributed by atoms with Gasteiger partial charge in [0.05, 0.1) is 0 Å². The zero-order chi connectivity index (χ0) is 13.9. The lowest BCUT2D eigenvalue weighted by Gasteiger charge is -2.34. The highest BCUT2D eigenvalue weighted by atomic mass is 16.3. The first-order chi connectivity index (χ1) is 9.07. The zero-order valence-electron chi connectivity index (χ0n) is 12.5. The Labute approximate surface area is 117 Å². The third-order valence-electron chi connectivity index (χ3n) is 4.92. The highest BCUT2D eigenvalue weighted by molar-refractivity contribution is 5.83. The molecule has 0 radical (unpaired) electrons. The molecule has 0 aromatic heterocycles. The van der Waals surface area contributed by atoms with Crippen molar-refractivity contribution >= 4 is 5.91 Å². The van der Waals surface area contributed by atoms with Gasteiger partial charge in [0, 0.05) is 25.1 Å². The molecule has 1 amide bonds. The Morgan fingerprint density at radius 3 is 2.63 bits per heavy atom. The Morgan fingerprint density at radius 2 is 2.05 bits per heavy atom. The van der Waals surface area contributed by atoms with E-state index in [1.807, 2.05) is 0 Å². The van der Waals surface area contributed by atoms with Gasteiger partial charge in [0.25, 0.3) is 0 Å². The van der Waals surface area contributed by atoms with Crippen molar-refractivity contribution in [1.82, 2.24) is 4.90 Å². The van der Waals surface area contributed by atoms with Crippen LogP contribution >= 0.6 is 0 Å². The summed E-state index contributed by atoms with van der Waals surface area (Å²) in [4.78, 5) is 15.0. The molecule has 0 bridgehead atoms. The molecule has 2 rings (SSSR count). The Morgan fingerprint density at radius 1 is 1.37 bits per heavy atom. The number of amides is 1. The minimum atomic E-state index is -0.0533. The minimum Gasteiger partial charge on any atom is -0.396 e. The number of rotatable bonds is 5. The van der Waals surface area contributed by atoms with Crippen molar-refractivity contribution < 1.29 is 9.90 Å². The van der Waals surface area contributed by atoms with E-state index in [0.717, 1.165) is 45.2 Å². The van der Waals surface area contributed by atoms with Gasteiger partial charge in [-0.2, -0.15) is 0 Å². The molecule has 1 unspecified atom stereocenters. The third-order valence-corrected chi connectivity index (χ3v) is 4.92. The van der Waals surface area contributed by atoms with Crippen molar-refractivity contribution in [3.8, 4) is 0 Å². The largest absolute Gasteiger partial charge is 0.396 e. The van der Waals surface area contributed by atoms with Gasteiger partial charge < -0.3 is 10.0 Å². The molecular formula is C16H29NO2. The van der Waals surface area contributed by atoms with Crippen LogP contribution < -0.4 is 0 Å². The number of hydrogen-bond donors (Lipinski definition) is 1. The number of carbonyl (C=O) groups excluding carboxylic acids is 1. The Hall–Kier alpha value is -0.570. The summed E-state index contributed by atoms with van der Waals surface area (Å²) in [5.41, 5.74) is -0.0533. The molecule has 1 saturated heterocycles. The van der Waals surface area contributed by atoms with E-state index in [0.29, 0.717) is 17.7 Å². The summed E-state index contributed by atoms with van der Waals surface area (Å²) < 4.78 is 0. The lowest BCUT2D eigenvalue weighted by atomic mass is 9.77. The lowest BCUT2D eigenvalue weighted by molar-refractivity contribution is -0.142. The van der Waals surface area contributed by atoms with Crippen LogP contribution in [0.3, 0.4) is 0 Å². The van der Waals surface area contributed by atoms with Gasteiger partial charge >= 0.3 is 0 Å². The number of likely N-dealkylation sites (tertiary alicyclic amines) is 1. The summed E-state index contributed by atoms with van der Waals surface area (Å²) >= 11 is 0. The number of aliphatic hydroxyl groups is 1. The van der Waals surface area contributed by atoms with E-state index in [-0.39, 0.29) is 12.0 Å². The van der Waals surface area contributed by atoms with E-state index in [9.17, 15) is 4.79 Å². The first-order valence-corrected chi connectivity index (χ1v) is 7.97. The van der Waals surface area contributed by atoms with E-state index in [4.69, 9.17) is 5.11 Å². The highest BCUT2D eigenvalue weighted by Gasteiger charge is 2.44. The maximum atomic E-state index is 12.9. The minimum absolute atomic E-state index is 0.0533. The lowest BCUT2D eigenvalue weighted by Crippen LogP contribution is -2.42. The van der Waals surface area contributed by atoms with Crippen LogP contribution in [0.2, 0.25) is 0 Å². The second kappa shape index (κ2) is 6.25. The predicted octanol–water partition coefficient (Wildman–Crippen LogP) is 2.82. The fourth-order valence-electron chi connectivity index (χ4n) is 4.11. The van der Waals surface area contributed by atoms with Crippen LogP contribution in [-0.4, -0.2) is 35.6 Å². The fourth-order valence-corrected chi connectivity index (χ4v) is 4.11. The van der Waals surface area contributed by atoms with Crippen LogP contribution in [-0.2, 0) is 4.79 Å². The van der Waals surface area contributed by atoms with Crippen LogP contribution in [0, 0.1) is 17.3 Å². The Kier molecular flexibility index (Phi) is 4.88. The quantitative estimate of drug-likeness (QED) is 0.832. The summed E-state index contributed by atoms with van der Waals surface area (Å²) in [5, 5.41) is 9.03. The van der Waals surface area contributed by atoms with E-state index < -0.39 is 0 Å². The molecule has 1 aliphatic heterocycles. The van der Waals surface area contributed by atoms with E-state index in [1.54, 1.807) is 0 Å². The van der Waals surface area contributed by atoms with Gasteiger partial charge in [-0.25, -0.2) is 0 Å². The van der Waals surface area contributed by atoms with Gasteiger partial charge in [-0.1, -0.05) is 26.7 Å². The van der Waals surface area contributed by atoms with Crippen LogP contribution in [0.4, 0.5) is 0 Å². The van der Waals surface area contributed by atoms with Gasteiger partial charge in [-0.05, 0) is 43.9 Å². The molecule has 0 aromatic carbocycles. The second-order valence-electron chi connectivity index (χ2n) is 7.00. The summed E-state index contributed by atoms with van der Waals surface area (Å²) in [5.74, 6) is 1.53. The molecule has 2 aliphatic rings. The predicted molar refractivity (Wildman–Crippen MR) is 76.7 cm³/mol. The normalized spacial score (nSPS) is 26.3. The molecule has 0 aromatic rings. The molecule has 110 valence electrons. The van der Waals surface area contributed by atoms with Crippen molar-refractivity contribution in [3.63, 3.8) is 0 Å². The Balaban J connectivity index is 2.00. The molecular weight excluding hydrogens is 238 g/mol. The van der Waals surface area contributed by atoms with Crippen molar-refractivity contribution in [1.29, 1.82) is 0 Å². The van der Waals surface area contributed by atoms with Crippen LogP contribution in [0.15, 0.2) is 0 Å². The molecule has 3 heteroatoms. The van der Waals surface area contributed by atoms with Gasteiger partial charge in [-0.3, -0.25) is 4.79 Å². The first kappa shape index (κ1) is 14.8. The summed E-state index contributed by atoms with van der Waals surface area (Å²) in [7, 11) is 0. The van der Waals surface area contributed by atoms with Gasteiger partial charge in [0.15, 0.2) is 0 Å². The number of carbonyl (C=O) groups is 1. The molecule has 1 heterocycles. The number of hydrogen-bond acceptors (Lipinski definition) is 2. The van der Waals surface area contributed by atoms with Crippen molar-refractivity contribution in [2.45, 2.75) is 58.8 Å². The van der Waals surface area contributed by atoms with Crippen molar-refractivity contribution in [3.05, 3.63) is 0 Å².